The lowest BCUT2D eigenvalue weighted by atomic mass is 9.54. The summed E-state index contributed by atoms with van der Waals surface area (Å²) in [6, 6.07) is 23.1. The fourth-order valence-corrected chi connectivity index (χ4v) is 11.6. The standard InChI is InChI=1S/C60H82ClNO2/c1-7-9-11-13-15-17-19-26-43-60(57(64)56(63)49-31-22-21-23-32-49)44-29-42-58(3,4)52(60)40-37-47-33-28-34-48(54(47)61)38-41-53-59(5,6)51-39-36-46-30-24-25-35-50(46)55(51)62(53)45-27-20-18-16-14-12-10-8-2/h21-25,29-32,35-41,44,52,56,63H,7-20,26-28,33-34,42-43,45H2,1-6H3. The van der Waals surface area contributed by atoms with Crippen molar-refractivity contribution in [3.05, 3.63) is 136 Å². The first-order valence-corrected chi connectivity index (χ1v) is 26.1. The molecule has 1 aliphatic heterocycles. The van der Waals surface area contributed by atoms with E-state index in [0.29, 0.717) is 5.56 Å². The maximum atomic E-state index is 14.9. The number of ketones is 1. The molecule has 3 nitrogen and oxygen atoms in total. The van der Waals surface area contributed by atoms with Crippen molar-refractivity contribution in [1.82, 2.24) is 0 Å². The maximum Gasteiger partial charge on any atom is 0.176 e. The lowest BCUT2D eigenvalue weighted by molar-refractivity contribution is -0.140. The number of Topliss-reactive ketones (excluding diaryl/α,β-unsaturated/α-hetero) is 1. The van der Waals surface area contributed by atoms with Crippen LogP contribution < -0.4 is 4.90 Å². The Morgan fingerprint density at radius 3 is 2.08 bits per heavy atom. The number of aliphatic hydroxyl groups excluding tert-OH is 1. The molecule has 3 aliphatic rings. The van der Waals surface area contributed by atoms with Crippen molar-refractivity contribution in [2.45, 2.75) is 188 Å². The zero-order valence-corrected chi connectivity index (χ0v) is 41.5. The van der Waals surface area contributed by atoms with Gasteiger partial charge in [-0.2, -0.15) is 0 Å². The minimum atomic E-state index is -1.18. The van der Waals surface area contributed by atoms with Crippen molar-refractivity contribution in [3.63, 3.8) is 0 Å². The van der Waals surface area contributed by atoms with Crippen LogP contribution in [0.1, 0.15) is 194 Å². The number of benzene rings is 3. The molecule has 346 valence electrons. The molecule has 0 saturated heterocycles. The molecule has 3 aromatic rings. The highest BCUT2D eigenvalue weighted by atomic mass is 35.5. The molecule has 0 saturated carbocycles. The Morgan fingerprint density at radius 2 is 1.39 bits per heavy atom. The molecule has 0 amide bonds. The molecule has 0 aromatic heterocycles. The highest BCUT2D eigenvalue weighted by molar-refractivity contribution is 6.32. The van der Waals surface area contributed by atoms with Crippen molar-refractivity contribution in [2.24, 2.45) is 16.7 Å². The number of nitrogens with zero attached hydrogens (tertiary/aromatic N) is 1. The lowest BCUT2D eigenvalue weighted by Crippen LogP contribution is -2.47. The Bertz CT molecular complexity index is 2130. The third kappa shape index (κ3) is 11.8. The summed E-state index contributed by atoms with van der Waals surface area (Å²) in [7, 11) is 0. The summed E-state index contributed by atoms with van der Waals surface area (Å²) in [5.74, 6) is -0.174. The Hall–Kier alpha value is -3.66. The average molecular weight is 885 g/mol. The highest BCUT2D eigenvalue weighted by Gasteiger charge is 2.51. The van der Waals surface area contributed by atoms with Crippen LogP contribution in [0.5, 0.6) is 0 Å². The summed E-state index contributed by atoms with van der Waals surface area (Å²) in [4.78, 5) is 17.6. The van der Waals surface area contributed by atoms with Gasteiger partial charge in [0.2, 0.25) is 0 Å². The molecule has 0 bridgehead atoms. The number of halogens is 1. The summed E-state index contributed by atoms with van der Waals surface area (Å²) in [6.07, 6.45) is 37.1. The third-order valence-corrected chi connectivity index (χ3v) is 15.6. The molecule has 0 spiro atoms. The average Bonchev–Trinajstić information content (AvgIpc) is 3.51. The molecule has 6 rings (SSSR count). The van der Waals surface area contributed by atoms with Crippen molar-refractivity contribution in [2.75, 3.05) is 11.4 Å². The van der Waals surface area contributed by atoms with Crippen molar-refractivity contribution >= 4 is 33.8 Å². The summed E-state index contributed by atoms with van der Waals surface area (Å²) < 4.78 is 0. The number of hydrogen-bond acceptors (Lipinski definition) is 3. The number of rotatable bonds is 24. The summed E-state index contributed by atoms with van der Waals surface area (Å²) in [6.45, 7) is 14.9. The molecule has 0 radical (unpaired) electrons. The van der Waals surface area contributed by atoms with Gasteiger partial charge in [0.05, 0.1) is 11.1 Å². The minimum absolute atomic E-state index is 0.0827. The van der Waals surface area contributed by atoms with Crippen molar-refractivity contribution in [1.29, 1.82) is 0 Å². The van der Waals surface area contributed by atoms with Gasteiger partial charge in [-0.25, -0.2) is 0 Å². The van der Waals surface area contributed by atoms with E-state index in [4.69, 9.17) is 11.6 Å². The summed E-state index contributed by atoms with van der Waals surface area (Å²) >= 11 is 7.49. The van der Waals surface area contributed by atoms with Crippen LogP contribution in [0.4, 0.5) is 5.69 Å². The minimum Gasteiger partial charge on any atom is -0.381 e. The molecule has 1 heterocycles. The monoisotopic (exact) mass is 884 g/mol. The van der Waals surface area contributed by atoms with Gasteiger partial charge in [-0.1, -0.05) is 247 Å². The quantitative estimate of drug-likeness (QED) is 0.0720. The second kappa shape index (κ2) is 23.7. The van der Waals surface area contributed by atoms with Crippen LogP contribution in [-0.4, -0.2) is 17.4 Å². The van der Waals surface area contributed by atoms with Gasteiger partial charge in [-0.05, 0) is 83.6 Å². The van der Waals surface area contributed by atoms with Gasteiger partial charge in [0.25, 0.3) is 0 Å². The van der Waals surface area contributed by atoms with Gasteiger partial charge in [0.15, 0.2) is 5.78 Å². The first kappa shape index (κ1) is 49.8. The number of unbranched alkanes of at least 4 members (excludes halogenated alkanes) is 14. The number of hydrogen-bond donors (Lipinski definition) is 1. The third-order valence-electron chi connectivity index (χ3n) is 15.1. The van der Waals surface area contributed by atoms with E-state index < -0.39 is 11.5 Å². The molecule has 1 N–H and O–H groups in total. The van der Waals surface area contributed by atoms with E-state index >= 15 is 0 Å². The van der Waals surface area contributed by atoms with Crippen LogP contribution in [-0.2, 0) is 10.2 Å². The Kier molecular flexibility index (Phi) is 18.4. The Morgan fingerprint density at radius 1 is 0.766 bits per heavy atom. The molecule has 0 fully saturated rings. The largest absolute Gasteiger partial charge is 0.381 e. The van der Waals surface area contributed by atoms with Gasteiger partial charge in [0.1, 0.15) is 6.10 Å². The lowest BCUT2D eigenvalue weighted by Gasteiger charge is -2.48. The van der Waals surface area contributed by atoms with E-state index in [1.54, 1.807) is 0 Å². The van der Waals surface area contributed by atoms with E-state index in [9.17, 15) is 9.90 Å². The van der Waals surface area contributed by atoms with Gasteiger partial charge >= 0.3 is 0 Å². The van der Waals surface area contributed by atoms with E-state index in [2.05, 4.69) is 119 Å². The Balaban J connectivity index is 1.29. The summed E-state index contributed by atoms with van der Waals surface area (Å²) in [5, 5.41) is 15.3. The molecule has 3 unspecified atom stereocenters. The van der Waals surface area contributed by atoms with Gasteiger partial charge in [0, 0.05) is 28.1 Å². The molecule has 2 aliphatic carbocycles. The van der Waals surface area contributed by atoms with Gasteiger partial charge < -0.3 is 10.0 Å². The molecule has 3 atom stereocenters. The molecular formula is C60H82ClNO2. The first-order valence-electron chi connectivity index (χ1n) is 25.7. The maximum absolute atomic E-state index is 14.9. The van der Waals surface area contributed by atoms with Crippen molar-refractivity contribution < 1.29 is 9.90 Å². The van der Waals surface area contributed by atoms with E-state index in [-0.39, 0.29) is 22.5 Å². The van der Waals surface area contributed by atoms with Crippen LogP contribution in [0.3, 0.4) is 0 Å². The number of allylic oxidation sites excluding steroid dienone is 10. The zero-order valence-electron chi connectivity index (χ0n) is 40.7. The van der Waals surface area contributed by atoms with Crippen LogP contribution in [0.25, 0.3) is 10.8 Å². The molecule has 64 heavy (non-hydrogen) atoms. The van der Waals surface area contributed by atoms with Gasteiger partial charge in [-0.3, -0.25) is 4.79 Å². The SMILES string of the molecule is CCCCCCCCCCN1C(=CC=C2CCCC(C=CC3C(C)(C)CC=CC3(CCCCCCCCCC)C(=O)C(O)c3ccccc3)=C2Cl)C(C)(C)c2ccc3ccccc3c21. The predicted octanol–water partition coefficient (Wildman–Crippen LogP) is 17.5. The Labute approximate surface area is 394 Å². The highest BCUT2D eigenvalue weighted by Crippen LogP contribution is 2.54. The fourth-order valence-electron chi connectivity index (χ4n) is 11.3. The second-order valence-electron chi connectivity index (χ2n) is 20.7. The fraction of sp³-hybridized carbons (Fsp3) is 0.550. The van der Waals surface area contributed by atoms with Crippen LogP contribution in [0, 0.1) is 16.7 Å². The van der Waals surface area contributed by atoms with E-state index in [1.165, 1.54) is 123 Å². The first-order chi connectivity index (χ1) is 31.0. The number of aliphatic hydroxyl groups is 1. The van der Waals surface area contributed by atoms with E-state index in [1.807, 2.05) is 30.3 Å². The molecular weight excluding hydrogens is 802 g/mol. The predicted molar refractivity (Wildman–Crippen MR) is 276 cm³/mol. The number of carbonyl (C=O) groups is 1. The number of carbonyl (C=O) groups excluding carboxylic acids is 1. The number of anilines is 1. The van der Waals surface area contributed by atoms with Crippen LogP contribution in [0.2, 0.25) is 0 Å². The zero-order chi connectivity index (χ0) is 45.6. The van der Waals surface area contributed by atoms with Gasteiger partial charge in [-0.15, -0.1) is 0 Å². The van der Waals surface area contributed by atoms with Crippen molar-refractivity contribution in [3.8, 4) is 0 Å². The normalized spacial score (nSPS) is 22.3. The van der Waals surface area contributed by atoms with Crippen LogP contribution in [0.15, 0.2) is 125 Å². The summed E-state index contributed by atoms with van der Waals surface area (Å²) in [5.41, 5.74) is 5.97. The topological polar surface area (TPSA) is 40.5 Å². The second-order valence-corrected chi connectivity index (χ2v) is 21.1. The number of fused-ring (bicyclic) bond motifs is 3. The molecule has 4 heteroatoms. The van der Waals surface area contributed by atoms with E-state index in [0.717, 1.165) is 62.1 Å². The smallest absolute Gasteiger partial charge is 0.176 e. The molecule has 3 aromatic carbocycles. The van der Waals surface area contributed by atoms with Crippen LogP contribution >= 0.6 is 11.6 Å².